The summed E-state index contributed by atoms with van der Waals surface area (Å²) >= 11 is 0. The van der Waals surface area contributed by atoms with Gasteiger partial charge in [-0.1, -0.05) is 0 Å². The maximum atomic E-state index is 5.86. The third-order valence-electron chi connectivity index (χ3n) is 2.67. The summed E-state index contributed by atoms with van der Waals surface area (Å²) in [5.74, 6) is 0.494. The molecular weight excluding hydrogens is 214 g/mol. The van der Waals surface area contributed by atoms with E-state index in [0.29, 0.717) is 11.5 Å². The zero-order chi connectivity index (χ0) is 11.8. The van der Waals surface area contributed by atoms with Gasteiger partial charge in [-0.25, -0.2) is 4.98 Å². The van der Waals surface area contributed by atoms with E-state index in [1.54, 1.807) is 18.5 Å². The molecule has 1 aromatic carbocycles. The molecule has 17 heavy (non-hydrogen) atoms. The molecule has 0 saturated heterocycles. The Kier molecular flexibility index (Phi) is 2.01. The van der Waals surface area contributed by atoms with E-state index in [1.807, 2.05) is 24.3 Å². The van der Waals surface area contributed by atoms with Gasteiger partial charge < -0.3 is 15.9 Å². The fraction of sp³-hybridized carbons (Fsp3) is 0. The number of benzene rings is 1. The van der Waals surface area contributed by atoms with Gasteiger partial charge in [0.05, 0.1) is 6.26 Å². The highest BCUT2D eigenvalue weighted by atomic mass is 16.3. The lowest BCUT2D eigenvalue weighted by Gasteiger charge is -2.04. The minimum absolute atomic E-state index is 0.494. The number of anilines is 2. The molecule has 3 rings (SSSR count). The molecule has 4 heteroatoms. The van der Waals surface area contributed by atoms with Gasteiger partial charge in [0.2, 0.25) is 0 Å². The first-order valence-corrected chi connectivity index (χ1v) is 5.23. The zero-order valence-corrected chi connectivity index (χ0v) is 9.05. The van der Waals surface area contributed by atoms with Crippen LogP contribution in [0, 0.1) is 0 Å². The Bertz CT molecular complexity index is 671. The topological polar surface area (TPSA) is 78.1 Å². The molecule has 0 aliphatic rings. The van der Waals surface area contributed by atoms with E-state index in [4.69, 9.17) is 15.9 Å². The number of nitrogens with two attached hydrogens (primary N) is 2. The first-order chi connectivity index (χ1) is 8.24. The predicted molar refractivity (Wildman–Crippen MR) is 68.3 cm³/mol. The smallest absolute Gasteiger partial charge is 0.141 e. The molecule has 4 nitrogen and oxygen atoms in total. The van der Waals surface area contributed by atoms with Crippen LogP contribution in [-0.2, 0) is 0 Å². The Hall–Kier alpha value is -2.49. The minimum Gasteiger partial charge on any atom is -0.464 e. The third kappa shape index (κ3) is 1.59. The van der Waals surface area contributed by atoms with Crippen LogP contribution in [0.15, 0.2) is 47.2 Å². The van der Waals surface area contributed by atoms with E-state index in [0.717, 1.165) is 22.1 Å². The van der Waals surface area contributed by atoms with Gasteiger partial charge in [-0.15, -0.1) is 0 Å². The van der Waals surface area contributed by atoms with Crippen LogP contribution in [0.2, 0.25) is 0 Å². The van der Waals surface area contributed by atoms with Crippen LogP contribution in [-0.4, -0.2) is 4.98 Å². The maximum absolute atomic E-state index is 5.86. The molecule has 0 fully saturated rings. The maximum Gasteiger partial charge on any atom is 0.141 e. The fourth-order valence-electron chi connectivity index (χ4n) is 1.88. The highest BCUT2D eigenvalue weighted by molar-refractivity contribution is 5.95. The molecule has 84 valence electrons. The molecule has 0 bridgehead atoms. The van der Waals surface area contributed by atoms with Crippen molar-refractivity contribution in [2.24, 2.45) is 0 Å². The number of pyridine rings is 1. The van der Waals surface area contributed by atoms with Crippen molar-refractivity contribution < 1.29 is 4.42 Å². The lowest BCUT2D eigenvalue weighted by atomic mass is 10.0. The number of nitrogen functional groups attached to an aromatic ring is 2. The van der Waals surface area contributed by atoms with Gasteiger partial charge in [-0.2, -0.15) is 0 Å². The average molecular weight is 225 g/mol. The summed E-state index contributed by atoms with van der Waals surface area (Å²) in [5.41, 5.74) is 14.8. The largest absolute Gasteiger partial charge is 0.464 e. The molecule has 0 saturated carbocycles. The normalized spacial score (nSPS) is 10.8. The highest BCUT2D eigenvalue weighted by Gasteiger charge is 2.08. The second-order valence-electron chi connectivity index (χ2n) is 3.88. The molecule has 0 radical (unpaired) electrons. The molecular formula is C13H11N3O. The number of aromatic nitrogens is 1. The van der Waals surface area contributed by atoms with Gasteiger partial charge in [-0.3, -0.25) is 0 Å². The summed E-state index contributed by atoms with van der Waals surface area (Å²) in [6.07, 6.45) is 3.37. The van der Waals surface area contributed by atoms with Crippen molar-refractivity contribution in [3.63, 3.8) is 0 Å². The van der Waals surface area contributed by atoms with Crippen molar-refractivity contribution in [3.05, 3.63) is 42.8 Å². The van der Waals surface area contributed by atoms with Crippen LogP contribution in [0.25, 0.3) is 22.1 Å². The summed E-state index contributed by atoms with van der Waals surface area (Å²) < 4.78 is 5.47. The number of rotatable bonds is 1. The van der Waals surface area contributed by atoms with Crippen molar-refractivity contribution >= 4 is 22.5 Å². The van der Waals surface area contributed by atoms with Crippen molar-refractivity contribution in [1.82, 2.24) is 4.98 Å². The average Bonchev–Trinajstić information content (AvgIpc) is 2.77. The van der Waals surface area contributed by atoms with Crippen LogP contribution in [0.1, 0.15) is 0 Å². The second-order valence-corrected chi connectivity index (χ2v) is 3.88. The summed E-state index contributed by atoms with van der Waals surface area (Å²) in [6, 6.07) is 9.30. The first-order valence-electron chi connectivity index (χ1n) is 5.23. The molecule has 0 unspecified atom stereocenters. The molecule has 0 atom stereocenters. The lowest BCUT2D eigenvalue weighted by molar-refractivity contribution is 0.617. The molecule has 0 spiro atoms. The van der Waals surface area contributed by atoms with Gasteiger partial charge in [0.25, 0.3) is 0 Å². The van der Waals surface area contributed by atoms with Crippen LogP contribution >= 0.6 is 0 Å². The number of hydrogen-bond acceptors (Lipinski definition) is 4. The van der Waals surface area contributed by atoms with Crippen molar-refractivity contribution in [1.29, 1.82) is 0 Å². The number of nitrogens with zero attached hydrogens (tertiary/aromatic N) is 1. The molecule has 2 heterocycles. The quantitative estimate of drug-likeness (QED) is 0.624. The van der Waals surface area contributed by atoms with E-state index in [1.165, 1.54) is 0 Å². The number of furan rings is 1. The van der Waals surface area contributed by atoms with Crippen LogP contribution in [0.3, 0.4) is 0 Å². The van der Waals surface area contributed by atoms with E-state index in [9.17, 15) is 0 Å². The standard InChI is InChI=1S/C13H11N3O/c14-10-5-8-3-4-17-13(8)11(6-10)9-1-2-12(15)16-7-9/h1-7H,14H2,(H2,15,16). The van der Waals surface area contributed by atoms with Gasteiger partial charge in [0, 0.05) is 28.4 Å². The fourth-order valence-corrected chi connectivity index (χ4v) is 1.88. The van der Waals surface area contributed by atoms with Gasteiger partial charge >= 0.3 is 0 Å². The number of hydrogen-bond donors (Lipinski definition) is 2. The lowest BCUT2D eigenvalue weighted by Crippen LogP contribution is -1.90. The third-order valence-corrected chi connectivity index (χ3v) is 2.67. The Morgan fingerprint density at radius 3 is 2.71 bits per heavy atom. The van der Waals surface area contributed by atoms with Crippen LogP contribution < -0.4 is 11.5 Å². The van der Waals surface area contributed by atoms with Gasteiger partial charge in [0.1, 0.15) is 11.4 Å². The van der Waals surface area contributed by atoms with Gasteiger partial charge in [-0.05, 0) is 30.3 Å². The summed E-state index contributed by atoms with van der Waals surface area (Å²) in [6.45, 7) is 0. The van der Waals surface area contributed by atoms with Crippen molar-refractivity contribution in [2.75, 3.05) is 11.5 Å². The molecule has 0 amide bonds. The van der Waals surface area contributed by atoms with Gasteiger partial charge in [0.15, 0.2) is 0 Å². The summed E-state index contributed by atoms with van der Waals surface area (Å²) in [7, 11) is 0. The molecule has 4 N–H and O–H groups in total. The van der Waals surface area contributed by atoms with Crippen molar-refractivity contribution in [2.45, 2.75) is 0 Å². The SMILES string of the molecule is Nc1cc(-c2ccc(N)nc2)c2occc2c1. The molecule has 0 aliphatic heterocycles. The molecule has 2 aromatic heterocycles. The summed E-state index contributed by atoms with van der Waals surface area (Å²) in [4.78, 5) is 4.07. The monoisotopic (exact) mass is 225 g/mol. The van der Waals surface area contributed by atoms with E-state index < -0.39 is 0 Å². The Morgan fingerprint density at radius 2 is 1.94 bits per heavy atom. The predicted octanol–water partition coefficient (Wildman–Crippen LogP) is 2.66. The number of fused-ring (bicyclic) bond motifs is 1. The summed E-state index contributed by atoms with van der Waals surface area (Å²) in [5, 5.41) is 0.983. The Labute approximate surface area is 97.9 Å². The molecule has 3 aromatic rings. The van der Waals surface area contributed by atoms with E-state index in [-0.39, 0.29) is 0 Å². The second kappa shape index (κ2) is 3.52. The Balaban J connectivity index is 2.28. The van der Waals surface area contributed by atoms with Crippen molar-refractivity contribution in [3.8, 4) is 11.1 Å². The molecule has 0 aliphatic carbocycles. The highest BCUT2D eigenvalue weighted by Crippen LogP contribution is 2.31. The van der Waals surface area contributed by atoms with E-state index >= 15 is 0 Å². The van der Waals surface area contributed by atoms with Crippen LogP contribution in [0.4, 0.5) is 11.5 Å². The minimum atomic E-state index is 0.494. The Morgan fingerprint density at radius 1 is 1.06 bits per heavy atom. The van der Waals surface area contributed by atoms with Crippen LogP contribution in [0.5, 0.6) is 0 Å². The van der Waals surface area contributed by atoms with E-state index in [2.05, 4.69) is 4.98 Å². The first kappa shape index (κ1) is 9.72. The zero-order valence-electron chi connectivity index (χ0n) is 9.05.